The molecule has 8 heteroatoms. The number of methoxy groups -OCH3 is 2. The smallest absolute Gasteiger partial charge is 0.290 e. The zero-order valence-corrected chi connectivity index (χ0v) is 16.8. The highest BCUT2D eigenvalue weighted by Gasteiger charge is 2.43. The number of rotatable bonds is 5. The molecule has 2 aliphatic rings. The van der Waals surface area contributed by atoms with Crippen LogP contribution in [-0.2, 0) is 14.3 Å². The minimum atomic E-state index is -0.476. The fourth-order valence-electron chi connectivity index (χ4n) is 4.01. The summed E-state index contributed by atoms with van der Waals surface area (Å²) in [5.41, 5.74) is 0.673. The molecule has 2 aliphatic heterocycles. The minimum Gasteiger partial charge on any atom is -0.451 e. The third kappa shape index (κ3) is 3.40. The van der Waals surface area contributed by atoms with Gasteiger partial charge in [0.25, 0.3) is 5.91 Å². The third-order valence-corrected chi connectivity index (χ3v) is 6.45. The van der Waals surface area contributed by atoms with Crippen molar-refractivity contribution < 1.29 is 23.5 Å². The Morgan fingerprint density at radius 1 is 1.21 bits per heavy atom. The molecule has 0 aliphatic carbocycles. The van der Waals surface area contributed by atoms with Crippen LogP contribution in [0, 0.1) is 0 Å². The van der Waals surface area contributed by atoms with E-state index >= 15 is 0 Å². The molecule has 1 aromatic carbocycles. The van der Waals surface area contributed by atoms with E-state index in [1.54, 1.807) is 41.8 Å². The minimum absolute atomic E-state index is 0.0453. The topological polar surface area (TPSA) is 72.2 Å². The first kappa shape index (κ1) is 19.3. The molecule has 2 aromatic rings. The zero-order chi connectivity index (χ0) is 19.7. The Labute approximate surface area is 167 Å². The van der Waals surface area contributed by atoms with E-state index in [0.29, 0.717) is 24.4 Å². The van der Waals surface area contributed by atoms with E-state index < -0.39 is 12.3 Å². The number of ether oxygens (including phenoxy) is 2. The normalized spacial score (nSPS) is 22.5. The lowest BCUT2D eigenvalue weighted by Crippen LogP contribution is -2.53. The van der Waals surface area contributed by atoms with Crippen LogP contribution in [0.15, 0.2) is 34.7 Å². The Hall–Kier alpha value is -2.03. The number of furan rings is 1. The van der Waals surface area contributed by atoms with Gasteiger partial charge in [-0.2, -0.15) is 0 Å². The van der Waals surface area contributed by atoms with Crippen molar-refractivity contribution in [1.82, 2.24) is 9.80 Å². The van der Waals surface area contributed by atoms with Gasteiger partial charge in [-0.25, -0.2) is 0 Å². The van der Waals surface area contributed by atoms with Gasteiger partial charge in [0, 0.05) is 31.9 Å². The Bertz CT molecular complexity index is 832. The second-order valence-corrected chi connectivity index (χ2v) is 8.02. The first-order valence-electron chi connectivity index (χ1n) is 9.37. The van der Waals surface area contributed by atoms with Crippen molar-refractivity contribution in [2.75, 3.05) is 32.4 Å². The van der Waals surface area contributed by atoms with Gasteiger partial charge in [0.05, 0.1) is 11.9 Å². The van der Waals surface area contributed by atoms with Crippen molar-refractivity contribution in [1.29, 1.82) is 0 Å². The van der Waals surface area contributed by atoms with Crippen LogP contribution in [0.4, 0.5) is 0 Å². The maximum Gasteiger partial charge on any atom is 0.290 e. The van der Waals surface area contributed by atoms with E-state index in [-0.39, 0.29) is 23.6 Å². The molecule has 0 spiro atoms. The molecule has 0 bridgehead atoms. The Kier molecular flexibility index (Phi) is 5.61. The predicted molar refractivity (Wildman–Crippen MR) is 106 cm³/mol. The lowest BCUT2D eigenvalue weighted by atomic mass is 10.1. The number of carbonyl (C=O) groups excluding carboxylic acids is 2. The van der Waals surface area contributed by atoms with Crippen LogP contribution < -0.4 is 0 Å². The Morgan fingerprint density at radius 3 is 2.75 bits per heavy atom. The van der Waals surface area contributed by atoms with Gasteiger partial charge < -0.3 is 23.7 Å². The van der Waals surface area contributed by atoms with E-state index in [2.05, 4.69) is 0 Å². The molecular formula is C20H24N2O5S. The van der Waals surface area contributed by atoms with E-state index in [1.165, 1.54) is 0 Å². The lowest BCUT2D eigenvalue weighted by molar-refractivity contribution is -0.158. The number of hydrogen-bond acceptors (Lipinski definition) is 6. The zero-order valence-electron chi connectivity index (χ0n) is 16.0. The van der Waals surface area contributed by atoms with Gasteiger partial charge in [-0.3, -0.25) is 9.59 Å². The number of likely N-dealkylation sites (tertiary alicyclic amines) is 1. The molecule has 2 saturated heterocycles. The summed E-state index contributed by atoms with van der Waals surface area (Å²) in [6, 6.07) is 8.63. The second kappa shape index (κ2) is 8.14. The second-order valence-electron chi connectivity index (χ2n) is 7.02. The molecule has 0 unspecified atom stereocenters. The molecule has 28 heavy (non-hydrogen) atoms. The summed E-state index contributed by atoms with van der Waals surface area (Å²) in [5, 5.41) is 0.881. The summed E-state index contributed by atoms with van der Waals surface area (Å²) in [7, 11) is 3.15. The summed E-state index contributed by atoms with van der Waals surface area (Å²) in [5.74, 6) is 1.33. The Balaban J connectivity index is 1.54. The number of thioether (sulfide) groups is 1. The molecule has 0 saturated carbocycles. The Morgan fingerprint density at radius 2 is 2.00 bits per heavy atom. The summed E-state index contributed by atoms with van der Waals surface area (Å²) in [4.78, 5) is 29.8. The molecule has 2 atom stereocenters. The molecule has 150 valence electrons. The fraction of sp³-hybridized carbons (Fsp3) is 0.500. The van der Waals surface area contributed by atoms with Crippen LogP contribution in [0.25, 0.3) is 11.0 Å². The largest absolute Gasteiger partial charge is 0.451 e. The van der Waals surface area contributed by atoms with Crippen LogP contribution >= 0.6 is 11.8 Å². The highest BCUT2D eigenvalue weighted by Crippen LogP contribution is 2.30. The quantitative estimate of drug-likeness (QED) is 0.714. The summed E-state index contributed by atoms with van der Waals surface area (Å²) >= 11 is 1.67. The molecule has 4 rings (SSSR count). The average Bonchev–Trinajstić information content (AvgIpc) is 3.46. The lowest BCUT2D eigenvalue weighted by Gasteiger charge is -2.33. The predicted octanol–water partition coefficient (Wildman–Crippen LogP) is 2.56. The number of amides is 2. The third-order valence-electron chi connectivity index (χ3n) is 5.42. The van der Waals surface area contributed by atoms with E-state index in [0.717, 1.165) is 17.6 Å². The fourth-order valence-corrected chi connectivity index (χ4v) is 5.21. The highest BCUT2D eigenvalue weighted by atomic mass is 32.2. The number of benzene rings is 1. The van der Waals surface area contributed by atoms with Gasteiger partial charge in [-0.1, -0.05) is 18.2 Å². The molecule has 0 N–H and O–H groups in total. The highest BCUT2D eigenvalue weighted by molar-refractivity contribution is 7.99. The van der Waals surface area contributed by atoms with Gasteiger partial charge in [0.15, 0.2) is 12.1 Å². The monoisotopic (exact) mass is 404 g/mol. The van der Waals surface area contributed by atoms with Crippen LogP contribution in [0.2, 0.25) is 0 Å². The van der Waals surface area contributed by atoms with Gasteiger partial charge in [0.1, 0.15) is 11.6 Å². The maximum absolute atomic E-state index is 13.3. The van der Waals surface area contributed by atoms with E-state index in [4.69, 9.17) is 13.9 Å². The molecule has 3 heterocycles. The number of hydrogen-bond donors (Lipinski definition) is 0. The molecule has 2 fully saturated rings. The summed E-state index contributed by atoms with van der Waals surface area (Å²) in [6.45, 7) is 0.552. The van der Waals surface area contributed by atoms with Gasteiger partial charge in [-0.15, -0.1) is 11.8 Å². The van der Waals surface area contributed by atoms with Crippen LogP contribution in [-0.4, -0.2) is 72.4 Å². The van der Waals surface area contributed by atoms with E-state index in [9.17, 15) is 9.59 Å². The number of para-hydroxylation sites is 1. The standard InChI is InChI=1S/C20H24N2O5S/c1-25-20(26-2)15-11-28-12-22(15)18(23)14-7-5-9-21(14)19(24)17-10-13-6-3-4-8-16(13)27-17/h3-4,6,8,10,14-15,20H,5,7,9,11-12H2,1-2H3/t14-,15-/m0/s1. The molecule has 2 amide bonds. The van der Waals surface area contributed by atoms with Crippen LogP contribution in [0.3, 0.4) is 0 Å². The van der Waals surface area contributed by atoms with Crippen molar-refractivity contribution in [2.45, 2.75) is 31.2 Å². The summed E-state index contributed by atoms with van der Waals surface area (Å²) in [6.07, 6.45) is 0.981. The van der Waals surface area contributed by atoms with E-state index in [1.807, 2.05) is 24.3 Å². The van der Waals surface area contributed by atoms with Gasteiger partial charge in [0.2, 0.25) is 5.91 Å². The SMILES string of the molecule is COC(OC)[C@@H]1CSCN1C(=O)[C@@H]1CCCN1C(=O)c1cc2ccccc2o1. The van der Waals surface area contributed by atoms with Crippen LogP contribution in [0.1, 0.15) is 23.4 Å². The molecule has 1 aromatic heterocycles. The van der Waals surface area contributed by atoms with Gasteiger partial charge in [-0.05, 0) is 25.0 Å². The first-order chi connectivity index (χ1) is 13.6. The first-order valence-corrected chi connectivity index (χ1v) is 10.5. The summed E-state index contributed by atoms with van der Waals surface area (Å²) < 4.78 is 16.5. The number of carbonyl (C=O) groups is 2. The van der Waals surface area contributed by atoms with Crippen molar-refractivity contribution in [2.24, 2.45) is 0 Å². The van der Waals surface area contributed by atoms with Gasteiger partial charge >= 0.3 is 0 Å². The molecule has 7 nitrogen and oxygen atoms in total. The van der Waals surface area contributed by atoms with Crippen molar-refractivity contribution in [3.05, 3.63) is 36.1 Å². The average molecular weight is 404 g/mol. The molecule has 0 radical (unpaired) electrons. The number of fused-ring (bicyclic) bond motifs is 1. The maximum atomic E-state index is 13.3. The van der Waals surface area contributed by atoms with Crippen molar-refractivity contribution >= 4 is 34.5 Å². The van der Waals surface area contributed by atoms with Crippen molar-refractivity contribution in [3.63, 3.8) is 0 Å². The van der Waals surface area contributed by atoms with Crippen molar-refractivity contribution in [3.8, 4) is 0 Å². The van der Waals surface area contributed by atoms with Crippen LogP contribution in [0.5, 0.6) is 0 Å². The molecular weight excluding hydrogens is 380 g/mol. The number of nitrogens with zero attached hydrogens (tertiary/aromatic N) is 2.